The maximum atomic E-state index is 12.1. The van der Waals surface area contributed by atoms with Gasteiger partial charge in [-0.3, -0.25) is 10.1 Å². The molecule has 1 rings (SSSR count). The van der Waals surface area contributed by atoms with Crippen molar-refractivity contribution in [2.45, 2.75) is 44.3 Å². The Morgan fingerprint density at radius 2 is 2.19 bits per heavy atom. The molecule has 94 valence electrons. The Labute approximate surface area is 92.0 Å². The van der Waals surface area contributed by atoms with Crippen LogP contribution in [-0.4, -0.2) is 29.3 Å². The highest BCUT2D eigenvalue weighted by molar-refractivity contribution is 5.79. The van der Waals surface area contributed by atoms with E-state index in [1.807, 2.05) is 6.92 Å². The molecule has 6 heteroatoms. The van der Waals surface area contributed by atoms with E-state index in [9.17, 15) is 18.0 Å². The second-order valence-corrected chi connectivity index (χ2v) is 4.56. The van der Waals surface area contributed by atoms with Crippen molar-refractivity contribution in [2.24, 2.45) is 5.92 Å². The number of hydrogen-bond acceptors (Lipinski definition) is 2. The zero-order valence-corrected chi connectivity index (χ0v) is 9.10. The number of carboxylic acids is 1. The highest BCUT2D eigenvalue weighted by atomic mass is 19.4. The van der Waals surface area contributed by atoms with Gasteiger partial charge < -0.3 is 5.11 Å². The van der Waals surface area contributed by atoms with Crippen molar-refractivity contribution >= 4 is 5.97 Å². The summed E-state index contributed by atoms with van der Waals surface area (Å²) in [6.45, 7) is 0.623. The number of alkyl halides is 3. The second kappa shape index (κ2) is 4.61. The summed E-state index contributed by atoms with van der Waals surface area (Å²) in [7, 11) is 0. The van der Waals surface area contributed by atoms with Gasteiger partial charge in [-0.15, -0.1) is 0 Å². The van der Waals surface area contributed by atoms with E-state index in [2.05, 4.69) is 5.32 Å². The smallest absolute Gasteiger partial charge is 0.401 e. The van der Waals surface area contributed by atoms with Crippen molar-refractivity contribution in [1.82, 2.24) is 5.32 Å². The summed E-state index contributed by atoms with van der Waals surface area (Å²) in [5, 5.41) is 11.3. The number of rotatable bonds is 3. The Balaban J connectivity index is 2.69. The summed E-state index contributed by atoms with van der Waals surface area (Å²) in [6, 6.07) is 0. The molecule has 3 nitrogen and oxygen atoms in total. The third-order valence-electron chi connectivity index (χ3n) is 3.03. The van der Waals surface area contributed by atoms with Crippen LogP contribution in [0.4, 0.5) is 13.2 Å². The minimum absolute atomic E-state index is 0.144. The first-order valence-corrected chi connectivity index (χ1v) is 5.30. The van der Waals surface area contributed by atoms with E-state index in [1.165, 1.54) is 0 Å². The van der Waals surface area contributed by atoms with Crippen molar-refractivity contribution in [1.29, 1.82) is 0 Å². The Bertz CT molecular complexity index is 267. The van der Waals surface area contributed by atoms with Crippen LogP contribution in [0.1, 0.15) is 32.6 Å². The second-order valence-electron chi connectivity index (χ2n) is 4.56. The van der Waals surface area contributed by atoms with Gasteiger partial charge in [0.25, 0.3) is 0 Å². The average Bonchev–Trinajstić information content (AvgIpc) is 2.13. The van der Waals surface area contributed by atoms with Crippen LogP contribution >= 0.6 is 0 Å². The number of aliphatic carboxylic acids is 1. The molecule has 0 aliphatic heterocycles. The lowest BCUT2D eigenvalue weighted by Crippen LogP contribution is -2.56. The Morgan fingerprint density at radius 1 is 1.56 bits per heavy atom. The van der Waals surface area contributed by atoms with Crippen molar-refractivity contribution in [3.63, 3.8) is 0 Å². The maximum Gasteiger partial charge on any atom is 0.401 e. The summed E-state index contributed by atoms with van der Waals surface area (Å²) in [4.78, 5) is 11.1. The summed E-state index contributed by atoms with van der Waals surface area (Å²) in [6.07, 6.45) is -2.31. The predicted molar refractivity (Wildman–Crippen MR) is 52.1 cm³/mol. The van der Waals surface area contributed by atoms with Gasteiger partial charge in [0.15, 0.2) is 0 Å². The van der Waals surface area contributed by atoms with E-state index in [0.717, 1.165) is 6.42 Å². The van der Waals surface area contributed by atoms with E-state index < -0.39 is 24.2 Å². The molecule has 1 fully saturated rings. The van der Waals surface area contributed by atoms with Gasteiger partial charge in [0, 0.05) is 0 Å². The van der Waals surface area contributed by atoms with Gasteiger partial charge >= 0.3 is 12.1 Å². The molecular weight excluding hydrogens is 223 g/mol. The monoisotopic (exact) mass is 239 g/mol. The van der Waals surface area contributed by atoms with Crippen LogP contribution in [0.5, 0.6) is 0 Å². The highest BCUT2D eigenvalue weighted by Gasteiger charge is 2.44. The fraction of sp³-hybridized carbons (Fsp3) is 0.900. The van der Waals surface area contributed by atoms with E-state index in [0.29, 0.717) is 6.42 Å². The Morgan fingerprint density at radius 3 is 2.62 bits per heavy atom. The molecule has 1 aliphatic rings. The molecule has 0 aromatic carbocycles. The molecule has 2 atom stereocenters. The van der Waals surface area contributed by atoms with Gasteiger partial charge in [-0.05, 0) is 18.8 Å². The quantitative estimate of drug-likeness (QED) is 0.793. The van der Waals surface area contributed by atoms with E-state index in [-0.39, 0.29) is 18.8 Å². The SMILES string of the molecule is CC1CCCC(NCC(F)(F)F)(C(=O)O)C1. The lowest BCUT2D eigenvalue weighted by molar-refractivity contribution is -0.153. The predicted octanol–water partition coefficient (Wildman–Crippen LogP) is 2.17. The Hall–Kier alpha value is -0.780. The largest absolute Gasteiger partial charge is 0.480 e. The van der Waals surface area contributed by atoms with Gasteiger partial charge in [-0.1, -0.05) is 19.8 Å². The maximum absolute atomic E-state index is 12.1. The van der Waals surface area contributed by atoms with Gasteiger partial charge in [-0.25, -0.2) is 0 Å². The average molecular weight is 239 g/mol. The lowest BCUT2D eigenvalue weighted by atomic mass is 9.76. The van der Waals surface area contributed by atoms with Crippen LogP contribution in [0.2, 0.25) is 0 Å². The topological polar surface area (TPSA) is 49.3 Å². The molecule has 0 saturated heterocycles. The van der Waals surface area contributed by atoms with Crippen molar-refractivity contribution in [3.05, 3.63) is 0 Å². The van der Waals surface area contributed by atoms with Crippen LogP contribution in [0.15, 0.2) is 0 Å². The van der Waals surface area contributed by atoms with Crippen LogP contribution < -0.4 is 5.32 Å². The lowest BCUT2D eigenvalue weighted by Gasteiger charge is -2.37. The number of carboxylic acid groups (broad SMARTS) is 1. The summed E-state index contributed by atoms with van der Waals surface area (Å²) < 4.78 is 36.3. The number of carbonyl (C=O) groups is 1. The molecule has 1 aliphatic carbocycles. The van der Waals surface area contributed by atoms with Gasteiger partial charge in [0.05, 0.1) is 6.54 Å². The third kappa shape index (κ3) is 3.37. The zero-order valence-electron chi connectivity index (χ0n) is 9.10. The molecule has 16 heavy (non-hydrogen) atoms. The van der Waals surface area contributed by atoms with Crippen LogP contribution in [-0.2, 0) is 4.79 Å². The first-order valence-electron chi connectivity index (χ1n) is 5.30. The standard InChI is InChI=1S/C10H16F3NO2/c1-7-3-2-4-9(5-7,8(15)16)14-6-10(11,12)13/h7,14H,2-6H2,1H3,(H,15,16). The van der Waals surface area contributed by atoms with Gasteiger partial charge in [-0.2, -0.15) is 13.2 Å². The molecule has 0 heterocycles. The molecule has 0 spiro atoms. The Kier molecular flexibility index (Phi) is 3.83. The van der Waals surface area contributed by atoms with Crippen LogP contribution in [0.25, 0.3) is 0 Å². The molecule has 2 unspecified atom stereocenters. The summed E-state index contributed by atoms with van der Waals surface area (Å²) in [5.74, 6) is -1.03. The minimum Gasteiger partial charge on any atom is -0.480 e. The van der Waals surface area contributed by atoms with E-state index in [1.54, 1.807) is 0 Å². The highest BCUT2D eigenvalue weighted by Crippen LogP contribution is 2.33. The first kappa shape index (κ1) is 13.3. The number of nitrogens with one attached hydrogen (secondary N) is 1. The minimum atomic E-state index is -4.37. The van der Waals surface area contributed by atoms with Crippen LogP contribution in [0.3, 0.4) is 0 Å². The molecule has 2 N–H and O–H groups in total. The van der Waals surface area contributed by atoms with Crippen LogP contribution in [0, 0.1) is 5.92 Å². The normalized spacial score (nSPS) is 31.4. The molecular formula is C10H16F3NO2. The van der Waals surface area contributed by atoms with Gasteiger partial charge in [0.2, 0.25) is 0 Å². The third-order valence-corrected chi connectivity index (χ3v) is 3.03. The number of hydrogen-bond donors (Lipinski definition) is 2. The van der Waals surface area contributed by atoms with Crippen molar-refractivity contribution in [2.75, 3.05) is 6.54 Å². The molecule has 0 bridgehead atoms. The molecule has 0 aromatic rings. The van der Waals surface area contributed by atoms with E-state index in [4.69, 9.17) is 5.11 Å². The fourth-order valence-corrected chi connectivity index (χ4v) is 2.25. The fourth-order valence-electron chi connectivity index (χ4n) is 2.25. The molecule has 0 amide bonds. The van der Waals surface area contributed by atoms with E-state index >= 15 is 0 Å². The van der Waals surface area contributed by atoms with Crippen molar-refractivity contribution < 1.29 is 23.1 Å². The molecule has 0 radical (unpaired) electrons. The first-order chi connectivity index (χ1) is 7.25. The zero-order chi connectivity index (χ0) is 12.4. The summed E-state index contributed by atoms with van der Waals surface area (Å²) in [5.41, 5.74) is -1.40. The number of halogens is 3. The molecule has 0 aromatic heterocycles. The van der Waals surface area contributed by atoms with Gasteiger partial charge in [0.1, 0.15) is 5.54 Å². The summed E-state index contributed by atoms with van der Waals surface area (Å²) >= 11 is 0. The molecule has 1 saturated carbocycles. The van der Waals surface area contributed by atoms with Crippen molar-refractivity contribution in [3.8, 4) is 0 Å².